The van der Waals surface area contributed by atoms with Gasteiger partial charge in [-0.05, 0) is 34.1 Å². The number of carbonyl (C=O) groups excluding carboxylic acids is 1. The fraction of sp³-hybridized carbons (Fsp3) is 0.125. The van der Waals surface area contributed by atoms with Gasteiger partial charge in [0.05, 0.1) is 12.0 Å². The van der Waals surface area contributed by atoms with Crippen LogP contribution in [-0.2, 0) is 13.8 Å². The molecule has 0 bridgehead atoms. The zero-order valence-electron chi connectivity index (χ0n) is 8.03. The molecule has 8 heteroatoms. The minimum Gasteiger partial charge on any atom is -0.453 e. The van der Waals surface area contributed by atoms with Crippen molar-refractivity contribution in [2.75, 3.05) is 12.4 Å². The molecule has 0 aliphatic rings. The number of hydrogen-bond acceptors (Lipinski definition) is 4. The van der Waals surface area contributed by atoms with Gasteiger partial charge in [0, 0.05) is 20.8 Å². The van der Waals surface area contributed by atoms with Gasteiger partial charge >= 0.3 is 6.09 Å². The standard InChI is InChI=1S/C8H7BrClNO4S/c1-15-8(12)11-5-2-3-7(6(9)4-5)16(10,13)14/h2-4H,1H3,(H,11,12). The van der Waals surface area contributed by atoms with Gasteiger partial charge in [-0.3, -0.25) is 5.32 Å². The number of halogens is 2. The molecule has 0 radical (unpaired) electrons. The second-order valence-electron chi connectivity index (χ2n) is 2.70. The molecule has 0 fully saturated rings. The highest BCUT2D eigenvalue weighted by molar-refractivity contribution is 9.10. The smallest absolute Gasteiger partial charge is 0.411 e. The van der Waals surface area contributed by atoms with E-state index >= 15 is 0 Å². The van der Waals surface area contributed by atoms with E-state index in [0.29, 0.717) is 5.69 Å². The second kappa shape index (κ2) is 5.03. The monoisotopic (exact) mass is 327 g/mol. The first-order chi connectivity index (χ1) is 7.34. The van der Waals surface area contributed by atoms with Crippen LogP contribution in [0.1, 0.15) is 0 Å². The van der Waals surface area contributed by atoms with Gasteiger partial charge in [0.1, 0.15) is 0 Å². The minimum absolute atomic E-state index is 0.0652. The van der Waals surface area contributed by atoms with Crippen LogP contribution in [0, 0.1) is 0 Å². The van der Waals surface area contributed by atoms with Crippen molar-refractivity contribution in [3.05, 3.63) is 22.7 Å². The predicted molar refractivity (Wildman–Crippen MR) is 63.2 cm³/mol. The maximum atomic E-state index is 11.1. The number of carbonyl (C=O) groups is 1. The average molecular weight is 329 g/mol. The minimum atomic E-state index is -3.80. The number of anilines is 1. The van der Waals surface area contributed by atoms with E-state index in [4.69, 9.17) is 10.7 Å². The second-order valence-corrected chi connectivity index (χ2v) is 6.09. The lowest BCUT2D eigenvalue weighted by Gasteiger charge is -2.05. The van der Waals surface area contributed by atoms with Crippen LogP contribution in [0.5, 0.6) is 0 Å². The summed E-state index contributed by atoms with van der Waals surface area (Å²) < 4.78 is 26.8. The fourth-order valence-corrected chi connectivity index (χ4v) is 3.17. The molecule has 0 heterocycles. The Kier molecular flexibility index (Phi) is 4.17. The van der Waals surface area contributed by atoms with E-state index in [-0.39, 0.29) is 9.37 Å². The molecular weight excluding hydrogens is 322 g/mol. The average Bonchev–Trinajstić information content (AvgIpc) is 2.15. The number of nitrogens with one attached hydrogen (secondary N) is 1. The van der Waals surface area contributed by atoms with Gasteiger partial charge in [0.25, 0.3) is 9.05 Å². The third kappa shape index (κ3) is 3.36. The molecule has 0 aromatic heterocycles. The molecule has 1 aromatic carbocycles. The van der Waals surface area contributed by atoms with Crippen molar-refractivity contribution < 1.29 is 17.9 Å². The highest BCUT2D eigenvalue weighted by Crippen LogP contribution is 2.27. The molecule has 5 nitrogen and oxygen atoms in total. The number of hydrogen-bond donors (Lipinski definition) is 1. The molecule has 1 amide bonds. The molecule has 1 aromatic rings. The van der Waals surface area contributed by atoms with Crippen molar-refractivity contribution in [3.8, 4) is 0 Å². The molecule has 0 saturated carbocycles. The van der Waals surface area contributed by atoms with E-state index in [0.717, 1.165) is 0 Å². The highest BCUT2D eigenvalue weighted by Gasteiger charge is 2.14. The number of ether oxygens (including phenoxy) is 1. The van der Waals surface area contributed by atoms with E-state index in [1.807, 2.05) is 0 Å². The van der Waals surface area contributed by atoms with Gasteiger partial charge < -0.3 is 4.74 Å². The zero-order valence-corrected chi connectivity index (χ0v) is 11.2. The van der Waals surface area contributed by atoms with Crippen LogP contribution in [-0.4, -0.2) is 21.6 Å². The number of methoxy groups -OCH3 is 1. The van der Waals surface area contributed by atoms with E-state index in [1.54, 1.807) is 0 Å². The fourth-order valence-electron chi connectivity index (χ4n) is 0.945. The van der Waals surface area contributed by atoms with Crippen molar-refractivity contribution in [1.82, 2.24) is 0 Å². The van der Waals surface area contributed by atoms with Gasteiger partial charge in [-0.1, -0.05) is 0 Å². The van der Waals surface area contributed by atoms with Crippen molar-refractivity contribution in [2.24, 2.45) is 0 Å². The Bertz CT molecular complexity index is 517. The maximum absolute atomic E-state index is 11.1. The number of rotatable bonds is 2. The van der Waals surface area contributed by atoms with Gasteiger partial charge in [0.15, 0.2) is 0 Å². The Labute approximate surface area is 105 Å². The summed E-state index contributed by atoms with van der Waals surface area (Å²) in [5.74, 6) is 0. The first kappa shape index (κ1) is 13.3. The van der Waals surface area contributed by atoms with Gasteiger partial charge in [0.2, 0.25) is 0 Å². The van der Waals surface area contributed by atoms with Crippen LogP contribution >= 0.6 is 26.6 Å². The molecular formula is C8H7BrClNO4S. The Morgan fingerprint density at radius 2 is 2.12 bits per heavy atom. The van der Waals surface area contributed by atoms with E-state index in [9.17, 15) is 13.2 Å². The quantitative estimate of drug-likeness (QED) is 0.847. The molecule has 1 rings (SSSR count). The van der Waals surface area contributed by atoms with Crippen LogP contribution in [0.15, 0.2) is 27.6 Å². The molecule has 0 spiro atoms. The van der Waals surface area contributed by atoms with Crippen LogP contribution < -0.4 is 5.32 Å². The molecule has 0 saturated heterocycles. The number of amides is 1. The van der Waals surface area contributed by atoms with Crippen molar-refractivity contribution >= 4 is 47.4 Å². The molecule has 88 valence electrons. The first-order valence-electron chi connectivity index (χ1n) is 3.94. The van der Waals surface area contributed by atoms with Crippen LogP contribution in [0.25, 0.3) is 0 Å². The van der Waals surface area contributed by atoms with Gasteiger partial charge in [-0.25, -0.2) is 13.2 Å². The summed E-state index contributed by atoms with van der Waals surface area (Å²) in [6.07, 6.45) is -0.645. The predicted octanol–water partition coefficient (Wildman–Crippen LogP) is 2.55. The van der Waals surface area contributed by atoms with E-state index in [1.165, 1.54) is 25.3 Å². The summed E-state index contributed by atoms with van der Waals surface area (Å²) in [5.41, 5.74) is 0.391. The van der Waals surface area contributed by atoms with Crippen LogP contribution in [0.4, 0.5) is 10.5 Å². The van der Waals surface area contributed by atoms with Crippen molar-refractivity contribution in [1.29, 1.82) is 0 Å². The van der Waals surface area contributed by atoms with Gasteiger partial charge in [-0.15, -0.1) is 0 Å². The molecule has 0 atom stereocenters. The summed E-state index contributed by atoms with van der Waals surface area (Å²) in [6.45, 7) is 0. The van der Waals surface area contributed by atoms with Crippen LogP contribution in [0.2, 0.25) is 0 Å². The summed E-state index contributed by atoms with van der Waals surface area (Å²) in [5, 5.41) is 2.38. The number of benzene rings is 1. The summed E-state index contributed by atoms with van der Waals surface area (Å²) >= 11 is 3.04. The summed E-state index contributed by atoms with van der Waals surface area (Å²) in [6, 6.07) is 4.08. The molecule has 1 N–H and O–H groups in total. The maximum Gasteiger partial charge on any atom is 0.411 e. The normalized spacial score (nSPS) is 10.9. The molecule has 0 aliphatic carbocycles. The van der Waals surface area contributed by atoms with E-state index < -0.39 is 15.1 Å². The Morgan fingerprint density at radius 3 is 2.56 bits per heavy atom. The summed E-state index contributed by atoms with van der Waals surface area (Å²) in [4.78, 5) is 10.8. The van der Waals surface area contributed by atoms with Gasteiger partial charge in [-0.2, -0.15) is 0 Å². The Hall–Kier alpha value is -0.790. The van der Waals surface area contributed by atoms with Crippen molar-refractivity contribution in [3.63, 3.8) is 0 Å². The zero-order chi connectivity index (χ0) is 12.3. The van der Waals surface area contributed by atoms with Crippen molar-refractivity contribution in [2.45, 2.75) is 4.90 Å². The topological polar surface area (TPSA) is 72.5 Å². The first-order valence-corrected chi connectivity index (χ1v) is 7.04. The lowest BCUT2D eigenvalue weighted by molar-refractivity contribution is 0.187. The SMILES string of the molecule is COC(=O)Nc1ccc(S(=O)(=O)Cl)c(Br)c1. The lowest BCUT2D eigenvalue weighted by Crippen LogP contribution is -2.11. The molecule has 0 unspecified atom stereocenters. The Morgan fingerprint density at radius 1 is 1.50 bits per heavy atom. The Balaban J connectivity index is 3.05. The third-order valence-corrected chi connectivity index (χ3v) is 3.92. The largest absolute Gasteiger partial charge is 0.453 e. The lowest BCUT2D eigenvalue weighted by atomic mass is 10.3. The summed E-state index contributed by atoms with van der Waals surface area (Å²) in [7, 11) is 2.60. The molecule has 0 aliphatic heterocycles. The highest BCUT2D eigenvalue weighted by atomic mass is 79.9. The van der Waals surface area contributed by atoms with Crippen LogP contribution in [0.3, 0.4) is 0 Å². The van der Waals surface area contributed by atoms with E-state index in [2.05, 4.69) is 26.0 Å². The molecule has 16 heavy (non-hydrogen) atoms. The third-order valence-electron chi connectivity index (χ3n) is 1.63.